The first-order valence-electron chi connectivity index (χ1n) is 3.55. The van der Waals surface area contributed by atoms with E-state index in [1.165, 1.54) is 0 Å². The van der Waals surface area contributed by atoms with Crippen LogP contribution < -0.4 is 5.73 Å². The van der Waals surface area contributed by atoms with Crippen molar-refractivity contribution in [2.75, 3.05) is 20.2 Å². The zero-order valence-corrected chi connectivity index (χ0v) is 7.39. The van der Waals surface area contributed by atoms with Gasteiger partial charge < -0.3 is 10.8 Å². The van der Waals surface area contributed by atoms with Gasteiger partial charge in [0, 0.05) is 5.54 Å². The van der Waals surface area contributed by atoms with Crippen LogP contribution in [0.2, 0.25) is 0 Å². The van der Waals surface area contributed by atoms with Gasteiger partial charge in [0.15, 0.2) is 0 Å². The summed E-state index contributed by atoms with van der Waals surface area (Å²) in [4.78, 5) is 1.84. The third-order valence-electron chi connectivity index (χ3n) is 1.83. The highest BCUT2D eigenvalue weighted by atomic mass is 16.3. The lowest BCUT2D eigenvalue weighted by Gasteiger charge is -2.33. The highest BCUT2D eigenvalue weighted by Gasteiger charge is 2.22. The van der Waals surface area contributed by atoms with E-state index in [1.54, 1.807) is 0 Å². The minimum Gasteiger partial charge on any atom is -0.394 e. The van der Waals surface area contributed by atoms with Crippen LogP contribution in [-0.4, -0.2) is 41.6 Å². The van der Waals surface area contributed by atoms with Crippen molar-refractivity contribution in [3.05, 3.63) is 0 Å². The standard InChI is InChI=1S/C7H17N3O/c1-7(2,5-11)10(3)4-6(8)9/h11H,4-5H2,1-3H3,(H3,8,9). The number of amidine groups is 1. The monoisotopic (exact) mass is 159 g/mol. The van der Waals surface area contributed by atoms with E-state index in [0.717, 1.165) is 0 Å². The summed E-state index contributed by atoms with van der Waals surface area (Å²) in [5, 5.41) is 16.0. The van der Waals surface area contributed by atoms with Crippen molar-refractivity contribution in [1.29, 1.82) is 5.41 Å². The smallest absolute Gasteiger partial charge is 0.105 e. The summed E-state index contributed by atoms with van der Waals surface area (Å²) < 4.78 is 0. The van der Waals surface area contributed by atoms with Gasteiger partial charge in [0.05, 0.1) is 13.2 Å². The average molecular weight is 159 g/mol. The lowest BCUT2D eigenvalue weighted by Crippen LogP contribution is -2.47. The summed E-state index contributed by atoms with van der Waals surface area (Å²) in [6, 6.07) is 0. The minimum atomic E-state index is -0.300. The van der Waals surface area contributed by atoms with Gasteiger partial charge in [0.2, 0.25) is 0 Å². The molecule has 0 bridgehead atoms. The molecule has 4 N–H and O–H groups in total. The molecule has 0 aliphatic carbocycles. The first-order valence-corrected chi connectivity index (χ1v) is 3.55. The number of nitrogens with one attached hydrogen (secondary N) is 1. The van der Waals surface area contributed by atoms with Crippen molar-refractivity contribution in [2.45, 2.75) is 19.4 Å². The molecular weight excluding hydrogens is 142 g/mol. The highest BCUT2D eigenvalue weighted by molar-refractivity contribution is 5.78. The van der Waals surface area contributed by atoms with E-state index in [9.17, 15) is 0 Å². The van der Waals surface area contributed by atoms with Gasteiger partial charge in [0.25, 0.3) is 0 Å². The van der Waals surface area contributed by atoms with E-state index in [-0.39, 0.29) is 18.0 Å². The molecule has 0 rings (SSSR count). The predicted molar refractivity (Wildman–Crippen MR) is 45.7 cm³/mol. The maximum absolute atomic E-state index is 8.92. The van der Waals surface area contributed by atoms with Crippen LogP contribution >= 0.6 is 0 Å². The van der Waals surface area contributed by atoms with Crippen molar-refractivity contribution >= 4 is 5.84 Å². The Morgan fingerprint density at radius 2 is 2.09 bits per heavy atom. The van der Waals surface area contributed by atoms with Crippen LogP contribution in [0.25, 0.3) is 0 Å². The van der Waals surface area contributed by atoms with Crippen LogP contribution in [0.4, 0.5) is 0 Å². The minimum absolute atomic E-state index is 0.0662. The second-order valence-electron chi connectivity index (χ2n) is 3.35. The molecule has 0 spiro atoms. The van der Waals surface area contributed by atoms with Crippen LogP contribution in [0.1, 0.15) is 13.8 Å². The molecule has 0 radical (unpaired) electrons. The molecule has 0 atom stereocenters. The van der Waals surface area contributed by atoms with E-state index < -0.39 is 0 Å². The molecule has 0 saturated carbocycles. The number of nitrogens with zero attached hydrogens (tertiary/aromatic N) is 1. The molecule has 11 heavy (non-hydrogen) atoms. The second kappa shape index (κ2) is 3.69. The summed E-state index contributed by atoms with van der Waals surface area (Å²) in [5.74, 6) is 0.119. The van der Waals surface area contributed by atoms with Crippen molar-refractivity contribution in [1.82, 2.24) is 4.90 Å². The van der Waals surface area contributed by atoms with Gasteiger partial charge >= 0.3 is 0 Å². The Labute approximate surface area is 67.5 Å². The van der Waals surface area contributed by atoms with Gasteiger partial charge in [-0.3, -0.25) is 10.3 Å². The topological polar surface area (TPSA) is 73.3 Å². The van der Waals surface area contributed by atoms with Crippen molar-refractivity contribution in [3.63, 3.8) is 0 Å². The van der Waals surface area contributed by atoms with Crippen molar-refractivity contribution in [2.24, 2.45) is 5.73 Å². The molecule has 4 nitrogen and oxygen atoms in total. The molecule has 0 aliphatic rings. The fraction of sp³-hybridized carbons (Fsp3) is 0.857. The maximum Gasteiger partial charge on any atom is 0.105 e. The van der Waals surface area contributed by atoms with E-state index in [0.29, 0.717) is 6.54 Å². The Morgan fingerprint density at radius 3 is 2.36 bits per heavy atom. The molecule has 0 aromatic heterocycles. The maximum atomic E-state index is 8.92. The van der Waals surface area contributed by atoms with Gasteiger partial charge in [-0.1, -0.05) is 0 Å². The van der Waals surface area contributed by atoms with Crippen LogP contribution in [0, 0.1) is 5.41 Å². The third kappa shape index (κ3) is 3.34. The number of rotatable bonds is 4. The number of hydrogen-bond acceptors (Lipinski definition) is 3. The lowest BCUT2D eigenvalue weighted by atomic mass is 10.1. The van der Waals surface area contributed by atoms with Crippen molar-refractivity contribution in [3.8, 4) is 0 Å². The normalized spacial score (nSPS) is 12.1. The fourth-order valence-electron chi connectivity index (χ4n) is 0.590. The summed E-state index contributed by atoms with van der Waals surface area (Å²) in [5.41, 5.74) is 4.90. The number of nitrogens with two attached hydrogens (primary N) is 1. The van der Waals surface area contributed by atoms with Gasteiger partial charge in [-0.05, 0) is 20.9 Å². The number of hydrogen-bond donors (Lipinski definition) is 3. The molecule has 0 aromatic rings. The molecule has 0 aliphatic heterocycles. The average Bonchev–Trinajstić information content (AvgIpc) is 1.86. The molecule has 0 saturated heterocycles. The molecule has 0 unspecified atom stereocenters. The number of aliphatic hydroxyl groups is 1. The second-order valence-corrected chi connectivity index (χ2v) is 3.35. The number of likely N-dealkylation sites (N-methyl/N-ethyl adjacent to an activating group) is 1. The van der Waals surface area contributed by atoms with E-state index >= 15 is 0 Å². The Kier molecular flexibility index (Phi) is 3.48. The van der Waals surface area contributed by atoms with E-state index in [4.69, 9.17) is 16.2 Å². The summed E-state index contributed by atoms with van der Waals surface area (Å²) in [7, 11) is 1.83. The third-order valence-corrected chi connectivity index (χ3v) is 1.83. The molecular formula is C7H17N3O. The van der Waals surface area contributed by atoms with Gasteiger partial charge in [-0.2, -0.15) is 0 Å². The van der Waals surface area contributed by atoms with Gasteiger partial charge in [-0.25, -0.2) is 0 Å². The van der Waals surface area contributed by atoms with E-state index in [2.05, 4.69) is 0 Å². The Hall–Kier alpha value is -0.610. The Balaban J connectivity index is 4.01. The molecule has 0 amide bonds. The summed E-state index contributed by atoms with van der Waals surface area (Å²) in [6.45, 7) is 4.26. The highest BCUT2D eigenvalue weighted by Crippen LogP contribution is 2.09. The molecule has 0 fully saturated rings. The lowest BCUT2D eigenvalue weighted by molar-refractivity contribution is 0.0914. The van der Waals surface area contributed by atoms with Gasteiger partial charge in [-0.15, -0.1) is 0 Å². The molecule has 4 heteroatoms. The summed E-state index contributed by atoms with van der Waals surface area (Å²) in [6.07, 6.45) is 0. The largest absolute Gasteiger partial charge is 0.394 e. The van der Waals surface area contributed by atoms with Crippen molar-refractivity contribution < 1.29 is 5.11 Å². The molecule has 66 valence electrons. The first kappa shape index (κ1) is 10.4. The van der Waals surface area contributed by atoms with Crippen LogP contribution in [0.15, 0.2) is 0 Å². The zero-order chi connectivity index (χ0) is 9.07. The Morgan fingerprint density at radius 1 is 1.64 bits per heavy atom. The van der Waals surface area contributed by atoms with Gasteiger partial charge in [0.1, 0.15) is 5.84 Å². The first-order chi connectivity index (χ1) is 4.90. The predicted octanol–water partition coefficient (Wildman–Crippen LogP) is -0.375. The fourth-order valence-corrected chi connectivity index (χ4v) is 0.590. The van der Waals surface area contributed by atoms with Crippen LogP contribution in [-0.2, 0) is 0 Å². The van der Waals surface area contributed by atoms with E-state index in [1.807, 2.05) is 25.8 Å². The Bertz CT molecular complexity index is 145. The molecule has 0 aromatic carbocycles. The molecule has 0 heterocycles. The number of aliphatic hydroxyl groups excluding tert-OH is 1. The quantitative estimate of drug-likeness (QED) is 0.387. The zero-order valence-electron chi connectivity index (χ0n) is 7.39. The SMILES string of the molecule is CN(CC(=N)N)C(C)(C)CO. The van der Waals surface area contributed by atoms with Crippen LogP contribution in [0.3, 0.4) is 0 Å². The van der Waals surface area contributed by atoms with Crippen LogP contribution in [0.5, 0.6) is 0 Å². The summed E-state index contributed by atoms with van der Waals surface area (Å²) >= 11 is 0.